The summed E-state index contributed by atoms with van der Waals surface area (Å²) in [5.74, 6) is -0.223. The fourth-order valence-corrected chi connectivity index (χ4v) is 2.52. The molecule has 0 saturated heterocycles. The van der Waals surface area contributed by atoms with Gasteiger partial charge >= 0.3 is 0 Å². The van der Waals surface area contributed by atoms with E-state index in [1.807, 2.05) is 50.2 Å². The summed E-state index contributed by atoms with van der Waals surface area (Å²) >= 11 is 0. The number of hydrogen-bond donors (Lipinski definition) is 2. The topological polar surface area (TPSA) is 140 Å². The number of aromatic nitrogens is 5. The van der Waals surface area contributed by atoms with Crippen LogP contribution in [0.2, 0.25) is 0 Å². The van der Waals surface area contributed by atoms with Crippen LogP contribution in [-0.4, -0.2) is 51.5 Å². The van der Waals surface area contributed by atoms with E-state index in [2.05, 4.69) is 35.8 Å². The van der Waals surface area contributed by atoms with Gasteiger partial charge in [-0.15, -0.1) is 5.10 Å². The number of hydrazone groups is 1. The fraction of sp³-hybridized carbons (Fsp3) is 0.294. The maximum atomic E-state index is 12.5. The highest BCUT2D eigenvalue weighted by Gasteiger charge is 2.23. The number of anilines is 2. The van der Waals surface area contributed by atoms with Gasteiger partial charge in [-0.05, 0) is 34.4 Å². The van der Waals surface area contributed by atoms with Crippen molar-refractivity contribution in [1.29, 1.82) is 0 Å². The van der Waals surface area contributed by atoms with Crippen LogP contribution in [0.5, 0.6) is 0 Å². The molecule has 0 bridgehead atoms. The van der Waals surface area contributed by atoms with Crippen LogP contribution >= 0.6 is 0 Å². The Morgan fingerprint density at radius 1 is 1.32 bits per heavy atom. The predicted octanol–water partition coefficient (Wildman–Crippen LogP) is 1.01. The molecule has 11 heteroatoms. The van der Waals surface area contributed by atoms with E-state index in [0.29, 0.717) is 12.1 Å². The molecule has 0 unspecified atom stereocenters. The number of nitrogens with two attached hydrogens (primary N) is 1. The summed E-state index contributed by atoms with van der Waals surface area (Å²) in [6, 6.07) is 7.74. The number of hydrogen-bond acceptors (Lipinski definition) is 9. The molecule has 3 N–H and O–H groups in total. The van der Waals surface area contributed by atoms with E-state index in [1.165, 1.54) is 4.68 Å². The van der Waals surface area contributed by atoms with Gasteiger partial charge in [0.1, 0.15) is 0 Å². The van der Waals surface area contributed by atoms with Crippen LogP contribution in [0.3, 0.4) is 0 Å². The van der Waals surface area contributed by atoms with E-state index in [0.717, 1.165) is 17.7 Å². The second kappa shape index (κ2) is 8.29. The molecule has 11 nitrogen and oxygen atoms in total. The van der Waals surface area contributed by atoms with Crippen molar-refractivity contribution in [2.24, 2.45) is 5.10 Å². The van der Waals surface area contributed by atoms with Gasteiger partial charge in [0, 0.05) is 19.8 Å². The molecule has 0 atom stereocenters. The van der Waals surface area contributed by atoms with Crippen molar-refractivity contribution in [3.05, 3.63) is 41.2 Å². The quantitative estimate of drug-likeness (QED) is 0.455. The summed E-state index contributed by atoms with van der Waals surface area (Å²) in [5, 5.41) is 19.1. The van der Waals surface area contributed by atoms with Gasteiger partial charge in [0.2, 0.25) is 11.6 Å². The lowest BCUT2D eigenvalue weighted by atomic mass is 10.2. The van der Waals surface area contributed by atoms with Gasteiger partial charge in [-0.1, -0.05) is 30.7 Å². The van der Waals surface area contributed by atoms with Gasteiger partial charge in [-0.2, -0.15) is 9.78 Å². The molecule has 146 valence electrons. The summed E-state index contributed by atoms with van der Waals surface area (Å²) < 4.78 is 5.95. The Bertz CT molecular complexity index is 973. The Labute approximate surface area is 161 Å². The number of carbonyl (C=O) groups is 1. The average Bonchev–Trinajstić information content (AvgIpc) is 3.28. The third-order valence-electron chi connectivity index (χ3n) is 3.95. The fourth-order valence-electron chi connectivity index (χ4n) is 2.52. The van der Waals surface area contributed by atoms with Crippen molar-refractivity contribution in [2.75, 3.05) is 24.7 Å². The molecule has 2 aromatic heterocycles. The normalized spacial score (nSPS) is 11.1. The minimum absolute atomic E-state index is 0.0633. The molecule has 2 heterocycles. The lowest BCUT2D eigenvalue weighted by molar-refractivity contribution is 0.0949. The van der Waals surface area contributed by atoms with E-state index in [-0.39, 0.29) is 17.3 Å². The predicted molar refractivity (Wildman–Crippen MR) is 103 cm³/mol. The Balaban J connectivity index is 1.75. The summed E-state index contributed by atoms with van der Waals surface area (Å²) in [6.45, 7) is 1.97. The second-order valence-electron chi connectivity index (χ2n) is 6.20. The maximum Gasteiger partial charge on any atom is 0.293 e. The monoisotopic (exact) mass is 383 g/mol. The third-order valence-corrected chi connectivity index (χ3v) is 3.95. The molecule has 0 saturated carbocycles. The van der Waals surface area contributed by atoms with Crippen LogP contribution in [0.15, 0.2) is 34.0 Å². The second-order valence-corrected chi connectivity index (χ2v) is 6.20. The first-order valence-electron chi connectivity index (χ1n) is 8.65. The van der Waals surface area contributed by atoms with Gasteiger partial charge in [0.05, 0.1) is 11.9 Å². The molecule has 0 aliphatic heterocycles. The molecule has 3 rings (SSSR count). The zero-order valence-corrected chi connectivity index (χ0v) is 15.8. The Morgan fingerprint density at radius 3 is 2.68 bits per heavy atom. The number of nitrogens with one attached hydrogen (secondary N) is 1. The van der Waals surface area contributed by atoms with Crippen LogP contribution in [0.25, 0.3) is 5.82 Å². The van der Waals surface area contributed by atoms with Crippen LogP contribution in [0.1, 0.15) is 35.1 Å². The van der Waals surface area contributed by atoms with Crippen molar-refractivity contribution in [3.63, 3.8) is 0 Å². The summed E-state index contributed by atoms with van der Waals surface area (Å²) in [7, 11) is 3.93. The number of carbonyl (C=O) groups excluding carboxylic acids is 1. The van der Waals surface area contributed by atoms with Crippen LogP contribution in [-0.2, 0) is 6.42 Å². The Morgan fingerprint density at radius 2 is 2.07 bits per heavy atom. The molecule has 1 amide bonds. The molecule has 0 aliphatic carbocycles. The molecule has 0 aliphatic rings. The molecule has 28 heavy (non-hydrogen) atoms. The van der Waals surface area contributed by atoms with Gasteiger partial charge in [-0.3, -0.25) is 4.79 Å². The Kier molecular flexibility index (Phi) is 5.63. The largest absolute Gasteiger partial charge is 0.378 e. The number of benzene rings is 1. The van der Waals surface area contributed by atoms with Gasteiger partial charge in [-0.25, -0.2) is 10.1 Å². The SMILES string of the molecule is CCCc1c(C(=O)NN=Cc2ccc(N(C)C)cc2)nnn1-c1nonc1N. The summed E-state index contributed by atoms with van der Waals surface area (Å²) in [5.41, 5.74) is 10.8. The van der Waals surface area contributed by atoms with Crippen LogP contribution < -0.4 is 16.1 Å². The lowest BCUT2D eigenvalue weighted by Gasteiger charge is -2.11. The molecule has 0 spiro atoms. The number of nitrogen functional groups attached to an aromatic ring is 1. The molecule has 1 aromatic carbocycles. The molecule has 0 fully saturated rings. The summed E-state index contributed by atoms with van der Waals surface area (Å²) in [6.07, 6.45) is 2.86. The van der Waals surface area contributed by atoms with Gasteiger partial charge < -0.3 is 10.6 Å². The van der Waals surface area contributed by atoms with Crippen molar-refractivity contribution in [1.82, 2.24) is 30.7 Å². The maximum absolute atomic E-state index is 12.5. The number of rotatable bonds is 7. The van der Waals surface area contributed by atoms with Crippen molar-refractivity contribution < 1.29 is 9.42 Å². The zero-order valence-electron chi connectivity index (χ0n) is 15.8. The first kappa shape index (κ1) is 19.0. The standard InChI is InChI=1S/C17H21N9O2/c1-4-5-13-14(20-24-26(13)16-15(18)22-28-23-16)17(27)21-19-10-11-6-8-12(9-7-11)25(2)3/h6-10H,4-5H2,1-3H3,(H2,18,22)(H,21,27). The minimum atomic E-state index is -0.481. The van der Waals surface area contributed by atoms with Gasteiger partial charge in [0.15, 0.2) is 5.69 Å². The molecule has 0 radical (unpaired) electrons. The number of nitrogens with zero attached hydrogens (tertiary/aromatic N) is 7. The highest BCUT2D eigenvalue weighted by molar-refractivity contribution is 5.94. The van der Waals surface area contributed by atoms with E-state index in [4.69, 9.17) is 5.73 Å². The van der Waals surface area contributed by atoms with E-state index < -0.39 is 5.91 Å². The smallest absolute Gasteiger partial charge is 0.293 e. The van der Waals surface area contributed by atoms with Gasteiger partial charge in [0.25, 0.3) is 5.91 Å². The van der Waals surface area contributed by atoms with E-state index >= 15 is 0 Å². The zero-order chi connectivity index (χ0) is 20.1. The first-order chi connectivity index (χ1) is 13.5. The molecular weight excluding hydrogens is 362 g/mol. The first-order valence-corrected chi connectivity index (χ1v) is 8.65. The summed E-state index contributed by atoms with van der Waals surface area (Å²) in [4.78, 5) is 14.5. The highest BCUT2D eigenvalue weighted by Crippen LogP contribution is 2.17. The lowest BCUT2D eigenvalue weighted by Crippen LogP contribution is -2.20. The van der Waals surface area contributed by atoms with Crippen molar-refractivity contribution >= 4 is 23.6 Å². The Hall–Kier alpha value is -3.76. The van der Waals surface area contributed by atoms with Crippen LogP contribution in [0, 0.1) is 0 Å². The van der Waals surface area contributed by atoms with E-state index in [9.17, 15) is 4.79 Å². The van der Waals surface area contributed by atoms with E-state index in [1.54, 1.807) is 6.21 Å². The highest BCUT2D eigenvalue weighted by atomic mass is 16.6. The third kappa shape index (κ3) is 3.98. The minimum Gasteiger partial charge on any atom is -0.378 e. The number of amides is 1. The van der Waals surface area contributed by atoms with Crippen molar-refractivity contribution in [2.45, 2.75) is 19.8 Å². The molecule has 3 aromatic rings. The average molecular weight is 383 g/mol. The molecular formula is C17H21N9O2. The van der Waals surface area contributed by atoms with Crippen LogP contribution in [0.4, 0.5) is 11.5 Å². The van der Waals surface area contributed by atoms with Crippen molar-refractivity contribution in [3.8, 4) is 5.82 Å².